The van der Waals surface area contributed by atoms with E-state index in [1.807, 2.05) is 41.4 Å². The fourth-order valence-corrected chi connectivity index (χ4v) is 3.34. The minimum atomic E-state index is 0.224. The number of likely N-dealkylation sites (N-methyl/N-ethyl adjacent to an activating group) is 1. The molecular weight excluding hydrogens is 328 g/mol. The minimum Gasteiger partial charge on any atom is -0.497 e. The van der Waals surface area contributed by atoms with Crippen LogP contribution in [0.15, 0.2) is 48.7 Å². The zero-order valence-electron chi connectivity index (χ0n) is 15.6. The number of nitrogens with one attached hydrogen (secondary N) is 2. The molecule has 0 aliphatic carbocycles. The number of hydrogen-bond acceptors (Lipinski definition) is 3. The standard InChI is InChI=1S/C20H26N4O2/c1-22(15-17-6-5-7-18(14-17)26-2)16-20(25)24-12-10-23(11-13-24)19-8-3-4-9-21-19/h3-9,14H,10-13,15-16H2,1-2H3/p+2. The lowest BCUT2D eigenvalue weighted by molar-refractivity contribution is -0.885. The molecule has 1 saturated heterocycles. The molecule has 1 unspecified atom stereocenters. The SMILES string of the molecule is COc1cccc(C[NH+](C)CC(=O)N2CCN(c3cccc[nH+]3)CC2)c1. The van der Waals surface area contributed by atoms with Crippen LogP contribution in [0.5, 0.6) is 5.75 Å². The molecule has 26 heavy (non-hydrogen) atoms. The maximum atomic E-state index is 12.6. The highest BCUT2D eigenvalue weighted by Gasteiger charge is 2.27. The van der Waals surface area contributed by atoms with E-state index in [9.17, 15) is 4.79 Å². The summed E-state index contributed by atoms with van der Waals surface area (Å²) in [6.45, 7) is 4.58. The van der Waals surface area contributed by atoms with Crippen molar-refractivity contribution in [2.45, 2.75) is 6.54 Å². The summed E-state index contributed by atoms with van der Waals surface area (Å²) < 4.78 is 5.27. The Balaban J connectivity index is 1.47. The highest BCUT2D eigenvalue weighted by molar-refractivity contribution is 5.77. The van der Waals surface area contributed by atoms with Crippen LogP contribution in [-0.2, 0) is 11.3 Å². The van der Waals surface area contributed by atoms with Gasteiger partial charge < -0.3 is 14.5 Å². The Morgan fingerprint density at radius 1 is 1.15 bits per heavy atom. The molecule has 1 aliphatic rings. The Kier molecular flexibility index (Phi) is 6.07. The molecule has 2 aromatic rings. The molecule has 1 aromatic carbocycles. The van der Waals surface area contributed by atoms with Crippen molar-refractivity contribution in [3.05, 3.63) is 54.2 Å². The number of amides is 1. The monoisotopic (exact) mass is 356 g/mol. The average molecular weight is 356 g/mol. The fraction of sp³-hybridized carbons (Fsp3) is 0.400. The first-order chi connectivity index (χ1) is 12.7. The Hall–Kier alpha value is -2.60. The van der Waals surface area contributed by atoms with Gasteiger partial charge >= 0.3 is 0 Å². The van der Waals surface area contributed by atoms with Crippen LogP contribution in [0.25, 0.3) is 0 Å². The van der Waals surface area contributed by atoms with Crippen LogP contribution in [0.4, 0.5) is 5.82 Å². The topological polar surface area (TPSA) is 51.4 Å². The number of hydrogen-bond donors (Lipinski definition) is 1. The van der Waals surface area contributed by atoms with Crippen LogP contribution in [0.2, 0.25) is 0 Å². The van der Waals surface area contributed by atoms with E-state index in [0.717, 1.165) is 44.3 Å². The molecule has 1 aliphatic heterocycles. The molecule has 1 amide bonds. The highest BCUT2D eigenvalue weighted by atomic mass is 16.5. The number of pyridine rings is 1. The van der Waals surface area contributed by atoms with Crippen molar-refractivity contribution in [2.75, 3.05) is 51.8 Å². The second-order valence-corrected chi connectivity index (χ2v) is 6.78. The lowest BCUT2D eigenvalue weighted by Crippen LogP contribution is -3.09. The summed E-state index contributed by atoms with van der Waals surface area (Å²) >= 11 is 0. The van der Waals surface area contributed by atoms with E-state index in [1.165, 1.54) is 10.5 Å². The first kappa shape index (κ1) is 18.2. The van der Waals surface area contributed by atoms with Crippen molar-refractivity contribution in [2.24, 2.45) is 0 Å². The summed E-state index contributed by atoms with van der Waals surface area (Å²) in [4.78, 5) is 21.3. The molecule has 0 spiro atoms. The normalized spacial score (nSPS) is 15.6. The van der Waals surface area contributed by atoms with Gasteiger partial charge in [-0.1, -0.05) is 18.2 Å². The number of methoxy groups -OCH3 is 1. The Morgan fingerprint density at radius 3 is 2.65 bits per heavy atom. The maximum absolute atomic E-state index is 12.6. The number of anilines is 1. The summed E-state index contributed by atoms with van der Waals surface area (Å²) in [5.74, 6) is 2.19. The van der Waals surface area contributed by atoms with Gasteiger partial charge in [0.05, 0.1) is 33.4 Å². The van der Waals surface area contributed by atoms with Crippen LogP contribution in [0.1, 0.15) is 5.56 Å². The molecule has 0 bridgehead atoms. The van der Waals surface area contributed by atoms with Crippen molar-refractivity contribution in [3.63, 3.8) is 0 Å². The molecule has 2 heterocycles. The van der Waals surface area contributed by atoms with Gasteiger partial charge in [-0.05, 0) is 18.2 Å². The molecule has 3 rings (SSSR count). The smallest absolute Gasteiger partial charge is 0.278 e. The number of rotatable bonds is 6. The Bertz CT molecular complexity index is 715. The summed E-state index contributed by atoms with van der Waals surface area (Å²) in [6.07, 6.45) is 1.93. The Labute approximate surface area is 155 Å². The van der Waals surface area contributed by atoms with Crippen molar-refractivity contribution in [1.82, 2.24) is 4.90 Å². The van der Waals surface area contributed by atoms with Gasteiger partial charge in [-0.15, -0.1) is 0 Å². The summed E-state index contributed by atoms with van der Waals surface area (Å²) in [5.41, 5.74) is 1.18. The predicted octanol–water partition coefficient (Wildman–Crippen LogP) is -0.127. The first-order valence-corrected chi connectivity index (χ1v) is 9.09. The van der Waals surface area contributed by atoms with Crippen LogP contribution in [0.3, 0.4) is 0 Å². The molecule has 2 N–H and O–H groups in total. The van der Waals surface area contributed by atoms with Crippen molar-refractivity contribution < 1.29 is 19.4 Å². The number of ether oxygens (including phenoxy) is 1. The van der Waals surface area contributed by atoms with Crippen LogP contribution < -0.4 is 19.5 Å². The third-order valence-electron chi connectivity index (χ3n) is 4.76. The fourth-order valence-electron chi connectivity index (χ4n) is 3.34. The van der Waals surface area contributed by atoms with Crippen molar-refractivity contribution >= 4 is 11.7 Å². The zero-order chi connectivity index (χ0) is 18.4. The van der Waals surface area contributed by atoms with Gasteiger partial charge in [0.1, 0.15) is 25.4 Å². The molecule has 1 atom stereocenters. The number of aromatic nitrogens is 1. The molecule has 0 saturated carbocycles. The van der Waals surface area contributed by atoms with Crippen molar-refractivity contribution in [1.29, 1.82) is 0 Å². The quantitative estimate of drug-likeness (QED) is 0.785. The second kappa shape index (κ2) is 8.67. The number of nitrogens with zero attached hydrogens (tertiary/aromatic N) is 2. The third kappa shape index (κ3) is 4.73. The second-order valence-electron chi connectivity index (χ2n) is 6.78. The van der Waals surface area contributed by atoms with Crippen LogP contribution in [0, 0.1) is 0 Å². The Morgan fingerprint density at radius 2 is 1.96 bits per heavy atom. The summed E-state index contributed by atoms with van der Waals surface area (Å²) in [6, 6.07) is 14.1. The van der Waals surface area contributed by atoms with E-state index < -0.39 is 0 Å². The van der Waals surface area contributed by atoms with Gasteiger partial charge in [0.25, 0.3) is 11.7 Å². The lowest BCUT2D eigenvalue weighted by atomic mass is 10.2. The number of aromatic amines is 1. The van der Waals surface area contributed by atoms with E-state index in [2.05, 4.69) is 29.1 Å². The number of benzene rings is 1. The molecule has 1 aromatic heterocycles. The molecule has 6 heteroatoms. The number of quaternary nitrogens is 1. The number of carbonyl (C=O) groups excluding carboxylic acids is 1. The number of carbonyl (C=O) groups is 1. The number of H-pyrrole nitrogens is 1. The maximum Gasteiger partial charge on any atom is 0.278 e. The first-order valence-electron chi connectivity index (χ1n) is 9.09. The highest BCUT2D eigenvalue weighted by Crippen LogP contribution is 2.12. The van der Waals surface area contributed by atoms with E-state index in [4.69, 9.17) is 4.74 Å². The van der Waals surface area contributed by atoms with Gasteiger partial charge in [-0.25, -0.2) is 4.98 Å². The van der Waals surface area contributed by atoms with Crippen LogP contribution >= 0.6 is 0 Å². The van der Waals surface area contributed by atoms with E-state index in [-0.39, 0.29) is 5.91 Å². The molecule has 138 valence electrons. The van der Waals surface area contributed by atoms with Gasteiger partial charge in [0, 0.05) is 11.6 Å². The molecule has 6 nitrogen and oxygen atoms in total. The van der Waals surface area contributed by atoms with E-state index >= 15 is 0 Å². The largest absolute Gasteiger partial charge is 0.497 e. The summed E-state index contributed by atoms with van der Waals surface area (Å²) in [7, 11) is 3.73. The minimum absolute atomic E-state index is 0.224. The zero-order valence-corrected chi connectivity index (χ0v) is 15.6. The average Bonchev–Trinajstić information content (AvgIpc) is 2.69. The molecule has 1 fully saturated rings. The van der Waals surface area contributed by atoms with Gasteiger partial charge in [-0.2, -0.15) is 0 Å². The third-order valence-corrected chi connectivity index (χ3v) is 4.76. The number of piperazine rings is 1. The van der Waals surface area contributed by atoms with Crippen molar-refractivity contribution in [3.8, 4) is 5.75 Å². The lowest BCUT2D eigenvalue weighted by Gasteiger charge is -2.31. The molecule has 0 radical (unpaired) electrons. The molecular formula is C20H28N4O2+2. The van der Waals surface area contributed by atoms with E-state index in [0.29, 0.717) is 6.54 Å². The van der Waals surface area contributed by atoms with Gasteiger partial charge in [-0.3, -0.25) is 9.69 Å². The summed E-state index contributed by atoms with van der Waals surface area (Å²) in [5, 5.41) is 0. The van der Waals surface area contributed by atoms with Gasteiger partial charge in [0.2, 0.25) is 0 Å². The van der Waals surface area contributed by atoms with Gasteiger partial charge in [0.15, 0.2) is 6.54 Å². The van der Waals surface area contributed by atoms with Crippen LogP contribution in [-0.4, -0.2) is 57.7 Å². The predicted molar refractivity (Wildman–Crippen MR) is 100 cm³/mol. The van der Waals surface area contributed by atoms with E-state index in [1.54, 1.807) is 7.11 Å².